The summed E-state index contributed by atoms with van der Waals surface area (Å²) in [5.74, 6) is 0.391. The van der Waals surface area contributed by atoms with E-state index in [-0.39, 0.29) is 5.91 Å². The quantitative estimate of drug-likeness (QED) is 0.789. The van der Waals surface area contributed by atoms with Crippen LogP contribution < -0.4 is 0 Å². The number of benzene rings is 1. The van der Waals surface area contributed by atoms with Crippen LogP contribution in [0, 0.1) is 0 Å². The van der Waals surface area contributed by atoms with Gasteiger partial charge in [-0.05, 0) is 25.5 Å². The number of para-hydroxylation sites is 1. The third-order valence-electron chi connectivity index (χ3n) is 2.87. The minimum atomic E-state index is -0.0327. The largest absolute Gasteiger partial charge is 0.451 e. The summed E-state index contributed by atoms with van der Waals surface area (Å²) in [6.45, 7) is 3.43. The van der Waals surface area contributed by atoms with Crippen molar-refractivity contribution in [2.45, 2.75) is 13.3 Å². The summed E-state index contributed by atoms with van der Waals surface area (Å²) in [5, 5.41) is 1.87. The van der Waals surface area contributed by atoms with Crippen LogP contribution in [0.15, 0.2) is 34.7 Å². The van der Waals surface area contributed by atoms with E-state index in [9.17, 15) is 4.79 Å². The van der Waals surface area contributed by atoms with Gasteiger partial charge in [0.2, 0.25) is 0 Å². The van der Waals surface area contributed by atoms with Crippen LogP contribution in [0.25, 0.3) is 11.0 Å². The first kappa shape index (κ1) is 13.1. The molecule has 0 aliphatic heterocycles. The fraction of sp³-hybridized carbons (Fsp3) is 0.357. The molecule has 0 fully saturated rings. The molecular formula is C14H16BrNO2. The highest BCUT2D eigenvalue weighted by Crippen LogP contribution is 2.20. The predicted octanol–water partition coefficient (Wildman–Crippen LogP) is 3.68. The van der Waals surface area contributed by atoms with E-state index >= 15 is 0 Å². The summed E-state index contributed by atoms with van der Waals surface area (Å²) in [6.07, 6.45) is 0.944. The highest BCUT2D eigenvalue weighted by Gasteiger charge is 2.17. The number of carbonyl (C=O) groups is 1. The van der Waals surface area contributed by atoms with Crippen LogP contribution in [0.2, 0.25) is 0 Å². The number of nitrogens with zero attached hydrogens (tertiary/aromatic N) is 1. The van der Waals surface area contributed by atoms with Crippen LogP contribution >= 0.6 is 15.9 Å². The van der Waals surface area contributed by atoms with Crippen LogP contribution in [0.5, 0.6) is 0 Å². The van der Waals surface area contributed by atoms with Crippen molar-refractivity contribution in [2.75, 3.05) is 18.4 Å². The van der Waals surface area contributed by atoms with Gasteiger partial charge in [-0.25, -0.2) is 0 Å². The molecule has 1 heterocycles. The molecule has 1 aromatic carbocycles. The Labute approximate surface area is 115 Å². The van der Waals surface area contributed by atoms with Crippen molar-refractivity contribution < 1.29 is 9.21 Å². The Morgan fingerprint density at radius 2 is 2.17 bits per heavy atom. The van der Waals surface area contributed by atoms with Gasteiger partial charge in [0.15, 0.2) is 5.76 Å². The van der Waals surface area contributed by atoms with Crippen LogP contribution in [0.1, 0.15) is 23.9 Å². The molecule has 96 valence electrons. The van der Waals surface area contributed by atoms with Gasteiger partial charge in [0.1, 0.15) is 5.58 Å². The molecule has 1 amide bonds. The number of furan rings is 1. The van der Waals surface area contributed by atoms with Gasteiger partial charge in [0.25, 0.3) is 5.91 Å². The highest BCUT2D eigenvalue weighted by atomic mass is 79.9. The van der Waals surface area contributed by atoms with E-state index in [0.29, 0.717) is 12.3 Å². The molecule has 0 bridgehead atoms. The van der Waals surface area contributed by atoms with Gasteiger partial charge in [-0.3, -0.25) is 4.79 Å². The summed E-state index contributed by atoms with van der Waals surface area (Å²) in [6, 6.07) is 9.48. The van der Waals surface area contributed by atoms with Crippen LogP contribution in [0.4, 0.5) is 0 Å². The average molecular weight is 310 g/mol. The van der Waals surface area contributed by atoms with Crippen LogP contribution in [-0.4, -0.2) is 29.2 Å². The highest BCUT2D eigenvalue weighted by molar-refractivity contribution is 9.09. The summed E-state index contributed by atoms with van der Waals surface area (Å²) < 4.78 is 5.59. The molecule has 2 aromatic rings. The van der Waals surface area contributed by atoms with E-state index in [1.807, 2.05) is 37.3 Å². The predicted molar refractivity (Wildman–Crippen MR) is 76.2 cm³/mol. The molecule has 3 nitrogen and oxygen atoms in total. The van der Waals surface area contributed by atoms with Gasteiger partial charge in [-0.1, -0.05) is 34.1 Å². The maximum atomic E-state index is 12.3. The monoisotopic (exact) mass is 309 g/mol. The first-order valence-electron chi connectivity index (χ1n) is 6.10. The first-order valence-corrected chi connectivity index (χ1v) is 7.22. The molecule has 0 N–H and O–H groups in total. The second kappa shape index (κ2) is 6.05. The van der Waals surface area contributed by atoms with E-state index < -0.39 is 0 Å². The normalized spacial score (nSPS) is 10.8. The molecule has 18 heavy (non-hydrogen) atoms. The molecule has 2 rings (SSSR count). The van der Waals surface area contributed by atoms with Crippen molar-refractivity contribution in [2.24, 2.45) is 0 Å². The maximum Gasteiger partial charge on any atom is 0.289 e. The summed E-state index contributed by atoms with van der Waals surface area (Å²) in [7, 11) is 0. The standard InChI is InChI=1S/C14H16BrNO2/c1-2-16(9-5-8-15)14(17)13-10-11-6-3-4-7-12(11)18-13/h3-4,6-7,10H,2,5,8-9H2,1H3. The fourth-order valence-electron chi connectivity index (χ4n) is 1.90. The second-order valence-corrected chi connectivity index (χ2v) is 4.87. The zero-order chi connectivity index (χ0) is 13.0. The zero-order valence-electron chi connectivity index (χ0n) is 10.4. The number of hydrogen-bond acceptors (Lipinski definition) is 2. The number of fused-ring (bicyclic) bond motifs is 1. The van der Waals surface area contributed by atoms with Gasteiger partial charge in [-0.2, -0.15) is 0 Å². The van der Waals surface area contributed by atoms with Gasteiger partial charge in [0, 0.05) is 23.8 Å². The smallest absolute Gasteiger partial charge is 0.289 e. The molecule has 0 spiro atoms. The maximum absolute atomic E-state index is 12.3. The molecular weight excluding hydrogens is 294 g/mol. The van der Waals surface area contributed by atoms with Gasteiger partial charge < -0.3 is 9.32 Å². The number of rotatable bonds is 5. The third-order valence-corrected chi connectivity index (χ3v) is 3.43. The van der Waals surface area contributed by atoms with Crippen molar-refractivity contribution >= 4 is 32.8 Å². The Kier molecular flexibility index (Phi) is 4.42. The van der Waals surface area contributed by atoms with Crippen molar-refractivity contribution in [3.8, 4) is 0 Å². The molecule has 4 heteroatoms. The Hall–Kier alpha value is -1.29. The lowest BCUT2D eigenvalue weighted by atomic mass is 10.2. The lowest BCUT2D eigenvalue weighted by Crippen LogP contribution is -2.31. The van der Waals surface area contributed by atoms with E-state index in [4.69, 9.17) is 4.42 Å². The fourth-order valence-corrected chi connectivity index (χ4v) is 2.15. The van der Waals surface area contributed by atoms with Crippen molar-refractivity contribution in [1.29, 1.82) is 0 Å². The topological polar surface area (TPSA) is 33.5 Å². The molecule has 0 aliphatic rings. The number of halogens is 1. The molecule has 0 saturated carbocycles. The van der Waals surface area contributed by atoms with Gasteiger partial charge in [-0.15, -0.1) is 0 Å². The molecule has 0 unspecified atom stereocenters. The average Bonchev–Trinajstić information content (AvgIpc) is 2.83. The molecule has 0 aliphatic carbocycles. The van der Waals surface area contributed by atoms with E-state index in [1.165, 1.54) is 0 Å². The van der Waals surface area contributed by atoms with Gasteiger partial charge in [0.05, 0.1) is 0 Å². The Morgan fingerprint density at radius 3 is 2.83 bits per heavy atom. The molecule has 0 atom stereocenters. The lowest BCUT2D eigenvalue weighted by Gasteiger charge is -2.18. The van der Waals surface area contributed by atoms with E-state index in [2.05, 4.69) is 15.9 Å². The van der Waals surface area contributed by atoms with Crippen molar-refractivity contribution in [1.82, 2.24) is 4.90 Å². The summed E-state index contributed by atoms with van der Waals surface area (Å²) >= 11 is 3.38. The Morgan fingerprint density at radius 1 is 1.39 bits per heavy atom. The minimum absolute atomic E-state index is 0.0327. The number of amides is 1. The Balaban J connectivity index is 2.21. The van der Waals surface area contributed by atoms with E-state index in [1.54, 1.807) is 4.90 Å². The van der Waals surface area contributed by atoms with Crippen LogP contribution in [0.3, 0.4) is 0 Å². The lowest BCUT2D eigenvalue weighted by molar-refractivity contribution is 0.0735. The summed E-state index contributed by atoms with van der Waals surface area (Å²) in [5.41, 5.74) is 0.761. The zero-order valence-corrected chi connectivity index (χ0v) is 11.9. The minimum Gasteiger partial charge on any atom is -0.451 e. The van der Waals surface area contributed by atoms with Crippen molar-refractivity contribution in [3.63, 3.8) is 0 Å². The Bertz CT molecular complexity index is 502. The number of alkyl halides is 1. The SMILES string of the molecule is CCN(CCCBr)C(=O)c1cc2ccccc2o1. The van der Waals surface area contributed by atoms with Crippen LogP contribution in [-0.2, 0) is 0 Å². The first-order chi connectivity index (χ1) is 8.76. The summed E-state index contributed by atoms with van der Waals surface area (Å²) in [4.78, 5) is 14.1. The van der Waals surface area contributed by atoms with E-state index in [0.717, 1.165) is 29.3 Å². The molecule has 0 radical (unpaired) electrons. The number of carbonyl (C=O) groups excluding carboxylic acids is 1. The molecule has 1 aromatic heterocycles. The number of hydrogen-bond donors (Lipinski definition) is 0. The van der Waals surface area contributed by atoms with Crippen molar-refractivity contribution in [3.05, 3.63) is 36.1 Å². The second-order valence-electron chi connectivity index (χ2n) is 4.08. The molecule has 0 saturated heterocycles. The third kappa shape index (κ3) is 2.75. The van der Waals surface area contributed by atoms with Gasteiger partial charge >= 0.3 is 0 Å².